The largest absolute Gasteiger partial charge is 0.305 e. The van der Waals surface area contributed by atoms with Crippen LogP contribution in [-0.2, 0) is 12.8 Å². The summed E-state index contributed by atoms with van der Waals surface area (Å²) in [6, 6.07) is 6.97. The van der Waals surface area contributed by atoms with Crippen LogP contribution in [-0.4, -0.2) is 11.5 Å². The first-order valence-electron chi connectivity index (χ1n) is 7.48. The zero-order chi connectivity index (χ0) is 14.1. The summed E-state index contributed by atoms with van der Waals surface area (Å²) in [7, 11) is 0. The summed E-state index contributed by atoms with van der Waals surface area (Å²) in [5.41, 5.74) is 5.39. The van der Waals surface area contributed by atoms with E-state index in [1.54, 1.807) is 0 Å². The third-order valence-corrected chi connectivity index (χ3v) is 5.23. The Morgan fingerprint density at radius 3 is 2.85 bits per heavy atom. The lowest BCUT2D eigenvalue weighted by Crippen LogP contribution is -2.22. The molecule has 1 aliphatic carbocycles. The zero-order valence-corrected chi connectivity index (χ0v) is 13.3. The van der Waals surface area contributed by atoms with Crippen molar-refractivity contribution in [2.24, 2.45) is 0 Å². The van der Waals surface area contributed by atoms with Crippen LogP contribution in [0.3, 0.4) is 0 Å². The number of nitrogens with zero attached hydrogens (tertiary/aromatic N) is 1. The predicted octanol–water partition coefficient (Wildman–Crippen LogP) is 3.95. The molecule has 0 saturated heterocycles. The molecule has 3 rings (SSSR count). The summed E-state index contributed by atoms with van der Waals surface area (Å²) in [5, 5.41) is 4.85. The molecule has 0 saturated carbocycles. The van der Waals surface area contributed by atoms with Crippen molar-refractivity contribution in [2.45, 2.75) is 46.1 Å². The number of aromatic nitrogens is 1. The van der Waals surface area contributed by atoms with Crippen LogP contribution in [0.15, 0.2) is 18.2 Å². The van der Waals surface area contributed by atoms with E-state index < -0.39 is 0 Å². The van der Waals surface area contributed by atoms with E-state index in [1.807, 2.05) is 11.3 Å². The van der Waals surface area contributed by atoms with E-state index in [4.69, 9.17) is 4.98 Å². The number of nitrogens with one attached hydrogen (secondary N) is 1. The van der Waals surface area contributed by atoms with Crippen molar-refractivity contribution in [3.63, 3.8) is 0 Å². The van der Waals surface area contributed by atoms with Crippen LogP contribution in [0, 0.1) is 13.8 Å². The lowest BCUT2D eigenvalue weighted by molar-refractivity contribution is 0.622. The molecule has 2 aromatic rings. The van der Waals surface area contributed by atoms with Gasteiger partial charge < -0.3 is 5.32 Å². The first-order chi connectivity index (χ1) is 9.69. The van der Waals surface area contributed by atoms with Crippen LogP contribution in [0.5, 0.6) is 0 Å². The summed E-state index contributed by atoms with van der Waals surface area (Å²) in [4.78, 5) is 6.41. The highest BCUT2D eigenvalue weighted by Gasteiger charge is 2.23. The van der Waals surface area contributed by atoms with Gasteiger partial charge in [0, 0.05) is 4.88 Å². The van der Waals surface area contributed by atoms with Crippen LogP contribution >= 0.6 is 11.3 Å². The van der Waals surface area contributed by atoms with E-state index in [0.29, 0.717) is 0 Å². The summed E-state index contributed by atoms with van der Waals surface area (Å²) < 4.78 is 0. The van der Waals surface area contributed by atoms with E-state index in [2.05, 4.69) is 44.3 Å². The highest BCUT2D eigenvalue weighted by Crippen LogP contribution is 2.34. The van der Waals surface area contributed by atoms with Gasteiger partial charge in [0.25, 0.3) is 0 Å². The molecule has 0 aliphatic heterocycles. The Kier molecular flexibility index (Phi) is 3.90. The fraction of sp³-hybridized carbons (Fsp3) is 0.471. The Balaban J connectivity index is 1.99. The maximum absolute atomic E-state index is 4.91. The van der Waals surface area contributed by atoms with Gasteiger partial charge in [-0.1, -0.05) is 30.7 Å². The van der Waals surface area contributed by atoms with Gasteiger partial charge in [-0.05, 0) is 50.8 Å². The highest BCUT2D eigenvalue weighted by molar-refractivity contribution is 7.11. The van der Waals surface area contributed by atoms with Crippen LogP contribution in [0.1, 0.15) is 51.7 Å². The van der Waals surface area contributed by atoms with E-state index in [-0.39, 0.29) is 6.04 Å². The van der Waals surface area contributed by atoms with Gasteiger partial charge in [0.2, 0.25) is 0 Å². The molecule has 20 heavy (non-hydrogen) atoms. The average Bonchev–Trinajstić information content (AvgIpc) is 2.97. The first kappa shape index (κ1) is 13.8. The van der Waals surface area contributed by atoms with E-state index >= 15 is 0 Å². The predicted molar refractivity (Wildman–Crippen MR) is 85.6 cm³/mol. The van der Waals surface area contributed by atoms with E-state index in [0.717, 1.165) is 13.0 Å². The van der Waals surface area contributed by atoms with Crippen LogP contribution in [0.2, 0.25) is 0 Å². The lowest BCUT2D eigenvalue weighted by atomic mass is 9.99. The molecule has 1 heterocycles. The van der Waals surface area contributed by atoms with Gasteiger partial charge in [-0.3, -0.25) is 0 Å². The monoisotopic (exact) mass is 286 g/mol. The standard InChI is InChI=1S/C17H22N2S/c1-4-18-16(13-9-8-11(2)10-12(13)3)17-19-14-6-5-7-15(14)20-17/h8-10,16,18H,4-7H2,1-3H3. The Morgan fingerprint density at radius 2 is 2.15 bits per heavy atom. The summed E-state index contributed by atoms with van der Waals surface area (Å²) >= 11 is 1.90. The molecular formula is C17H22N2S. The van der Waals surface area contributed by atoms with Gasteiger partial charge in [0.15, 0.2) is 0 Å². The third kappa shape index (κ3) is 2.52. The zero-order valence-electron chi connectivity index (χ0n) is 12.5. The topological polar surface area (TPSA) is 24.9 Å². The summed E-state index contributed by atoms with van der Waals surface area (Å²) in [6.07, 6.45) is 3.67. The lowest BCUT2D eigenvalue weighted by Gasteiger charge is -2.18. The maximum Gasteiger partial charge on any atom is 0.115 e. The Morgan fingerprint density at radius 1 is 1.30 bits per heavy atom. The fourth-order valence-corrected chi connectivity index (χ4v) is 4.27. The molecule has 1 atom stereocenters. The second-order valence-electron chi connectivity index (χ2n) is 5.63. The number of thiazole rings is 1. The fourth-order valence-electron chi connectivity index (χ4n) is 3.02. The normalized spacial score (nSPS) is 15.3. The minimum Gasteiger partial charge on any atom is -0.305 e. The molecule has 0 fully saturated rings. The number of fused-ring (bicyclic) bond motifs is 1. The smallest absolute Gasteiger partial charge is 0.115 e. The molecule has 0 spiro atoms. The second-order valence-corrected chi connectivity index (χ2v) is 6.74. The van der Waals surface area contributed by atoms with Crippen molar-refractivity contribution in [3.05, 3.63) is 50.5 Å². The van der Waals surface area contributed by atoms with Gasteiger partial charge in [0.05, 0.1) is 11.7 Å². The minimum atomic E-state index is 0.246. The Labute approximate surface area is 125 Å². The van der Waals surface area contributed by atoms with Crippen molar-refractivity contribution in [1.82, 2.24) is 10.3 Å². The minimum absolute atomic E-state index is 0.246. The SMILES string of the molecule is CCNC(c1nc2c(s1)CCC2)c1ccc(C)cc1C. The number of hydrogen-bond acceptors (Lipinski definition) is 3. The number of rotatable bonds is 4. The summed E-state index contributed by atoms with van der Waals surface area (Å²) in [5.74, 6) is 0. The molecule has 1 aromatic carbocycles. The second kappa shape index (κ2) is 5.66. The Bertz CT molecular complexity index is 594. The van der Waals surface area contributed by atoms with Crippen LogP contribution in [0.4, 0.5) is 0 Å². The van der Waals surface area contributed by atoms with Gasteiger partial charge in [0.1, 0.15) is 5.01 Å². The number of hydrogen-bond donors (Lipinski definition) is 1. The van der Waals surface area contributed by atoms with Crippen molar-refractivity contribution in [3.8, 4) is 0 Å². The number of benzene rings is 1. The molecule has 0 radical (unpaired) electrons. The molecule has 3 heteroatoms. The van der Waals surface area contributed by atoms with E-state index in [9.17, 15) is 0 Å². The van der Waals surface area contributed by atoms with Crippen molar-refractivity contribution >= 4 is 11.3 Å². The molecular weight excluding hydrogens is 264 g/mol. The van der Waals surface area contributed by atoms with Crippen LogP contribution < -0.4 is 5.32 Å². The van der Waals surface area contributed by atoms with Crippen LogP contribution in [0.25, 0.3) is 0 Å². The van der Waals surface area contributed by atoms with Gasteiger partial charge >= 0.3 is 0 Å². The van der Waals surface area contributed by atoms with Crippen molar-refractivity contribution < 1.29 is 0 Å². The molecule has 2 nitrogen and oxygen atoms in total. The van der Waals surface area contributed by atoms with Gasteiger partial charge in [-0.2, -0.15) is 0 Å². The molecule has 1 aliphatic rings. The summed E-state index contributed by atoms with van der Waals surface area (Å²) in [6.45, 7) is 7.48. The highest BCUT2D eigenvalue weighted by atomic mass is 32.1. The maximum atomic E-state index is 4.91. The molecule has 1 unspecified atom stereocenters. The Hall–Kier alpha value is -1.19. The molecule has 106 valence electrons. The molecule has 1 N–H and O–H groups in total. The first-order valence-corrected chi connectivity index (χ1v) is 8.29. The molecule has 1 aromatic heterocycles. The van der Waals surface area contributed by atoms with Gasteiger partial charge in [-0.25, -0.2) is 4.98 Å². The van der Waals surface area contributed by atoms with Crippen molar-refractivity contribution in [2.75, 3.05) is 6.54 Å². The van der Waals surface area contributed by atoms with Crippen molar-refractivity contribution in [1.29, 1.82) is 0 Å². The molecule has 0 amide bonds. The average molecular weight is 286 g/mol. The van der Waals surface area contributed by atoms with E-state index in [1.165, 1.54) is 45.1 Å². The molecule has 0 bridgehead atoms. The number of aryl methyl sites for hydroxylation is 4. The quantitative estimate of drug-likeness (QED) is 0.920. The van der Waals surface area contributed by atoms with Gasteiger partial charge in [-0.15, -0.1) is 11.3 Å². The third-order valence-electron chi connectivity index (χ3n) is 4.00.